The molecule has 1 spiro atoms. The molecule has 2 aliphatic heterocycles. The van der Waals surface area contributed by atoms with Gasteiger partial charge in [-0.05, 0) is 30.8 Å². The number of rotatable bonds is 5. The molecule has 0 aliphatic carbocycles. The predicted molar refractivity (Wildman–Crippen MR) is 130 cm³/mol. The number of thioether (sulfide) groups is 1. The third-order valence-corrected chi connectivity index (χ3v) is 6.94. The second kappa shape index (κ2) is 9.45. The molecule has 0 bridgehead atoms. The van der Waals surface area contributed by atoms with Gasteiger partial charge in [-0.25, -0.2) is 4.99 Å². The number of hydrogen-bond donors (Lipinski definition) is 1. The summed E-state index contributed by atoms with van der Waals surface area (Å²) in [6.45, 7) is 5.26. The molecule has 0 saturated carbocycles. The Kier molecular flexibility index (Phi) is 6.71. The first kappa shape index (κ1) is 21.3. The van der Waals surface area contributed by atoms with E-state index in [0.29, 0.717) is 5.75 Å². The van der Waals surface area contributed by atoms with Crippen molar-refractivity contribution < 1.29 is 4.79 Å². The number of carbonyl (C=O) groups is 1. The van der Waals surface area contributed by atoms with Gasteiger partial charge < -0.3 is 10.2 Å². The van der Waals surface area contributed by atoms with Crippen LogP contribution in [0.25, 0.3) is 0 Å². The van der Waals surface area contributed by atoms with E-state index in [1.165, 1.54) is 11.8 Å². The molecule has 1 saturated heterocycles. The van der Waals surface area contributed by atoms with Crippen molar-refractivity contribution in [3.05, 3.63) is 64.6 Å². The van der Waals surface area contributed by atoms with Crippen LogP contribution in [0.2, 0.25) is 0 Å². The molecule has 5 nitrogen and oxygen atoms in total. The van der Waals surface area contributed by atoms with E-state index in [4.69, 9.17) is 9.98 Å². The SMILES string of the molecule is CCN1CCC2(CC1)N=C(SCC(=O)Nc1ccccc1)C(c1ccc(Br)cc1)=N2. The number of amides is 1. The Balaban J connectivity index is 1.51. The minimum Gasteiger partial charge on any atom is -0.325 e. The van der Waals surface area contributed by atoms with Crippen LogP contribution in [0.15, 0.2) is 69.1 Å². The van der Waals surface area contributed by atoms with E-state index in [1.54, 1.807) is 0 Å². The fraction of sp³-hybridized carbons (Fsp3) is 0.348. The average molecular weight is 485 g/mol. The molecule has 0 radical (unpaired) electrons. The predicted octanol–water partition coefficient (Wildman–Crippen LogP) is 4.83. The van der Waals surface area contributed by atoms with Gasteiger partial charge in [-0.15, -0.1) is 0 Å². The van der Waals surface area contributed by atoms with E-state index in [1.807, 2.05) is 42.5 Å². The summed E-state index contributed by atoms with van der Waals surface area (Å²) in [6, 6.07) is 17.7. The summed E-state index contributed by atoms with van der Waals surface area (Å²) < 4.78 is 1.03. The maximum Gasteiger partial charge on any atom is 0.234 e. The topological polar surface area (TPSA) is 57.1 Å². The molecule has 2 aromatic carbocycles. The third kappa shape index (κ3) is 5.02. The minimum absolute atomic E-state index is 0.0363. The molecule has 1 fully saturated rings. The number of hydrogen-bond acceptors (Lipinski definition) is 5. The first-order chi connectivity index (χ1) is 14.6. The van der Waals surface area contributed by atoms with Gasteiger partial charge >= 0.3 is 0 Å². The molecule has 0 aromatic heterocycles. The number of anilines is 1. The lowest BCUT2D eigenvalue weighted by atomic mass is 9.98. The van der Waals surface area contributed by atoms with E-state index in [-0.39, 0.29) is 11.6 Å². The van der Waals surface area contributed by atoms with Gasteiger partial charge in [-0.2, -0.15) is 0 Å². The summed E-state index contributed by atoms with van der Waals surface area (Å²) in [7, 11) is 0. The summed E-state index contributed by atoms with van der Waals surface area (Å²) in [5.74, 6) is 0.270. The average Bonchev–Trinajstić information content (AvgIpc) is 3.12. The first-order valence-corrected chi connectivity index (χ1v) is 12.0. The van der Waals surface area contributed by atoms with E-state index >= 15 is 0 Å². The second-order valence-corrected chi connectivity index (χ2v) is 9.38. The van der Waals surface area contributed by atoms with Crippen molar-refractivity contribution in [2.75, 3.05) is 30.7 Å². The highest BCUT2D eigenvalue weighted by molar-refractivity contribution is 9.10. The van der Waals surface area contributed by atoms with Crippen LogP contribution in [0.3, 0.4) is 0 Å². The Labute approximate surface area is 190 Å². The lowest BCUT2D eigenvalue weighted by Crippen LogP contribution is -2.41. The number of carbonyl (C=O) groups excluding carboxylic acids is 1. The standard InChI is InChI=1S/C23H25BrN4OS/c1-2-28-14-12-23(13-15-28)26-21(17-8-10-18(24)11-9-17)22(27-23)30-16-20(29)25-19-6-4-3-5-7-19/h3-11H,2,12-16H2,1H3,(H,25,29). The zero-order chi connectivity index (χ0) is 21.0. The summed E-state index contributed by atoms with van der Waals surface area (Å²) in [5, 5.41) is 3.81. The molecule has 156 valence electrons. The summed E-state index contributed by atoms with van der Waals surface area (Å²) in [4.78, 5) is 25.1. The number of nitrogens with zero attached hydrogens (tertiary/aromatic N) is 3. The first-order valence-electron chi connectivity index (χ1n) is 10.2. The molecule has 2 aromatic rings. The fourth-order valence-electron chi connectivity index (χ4n) is 3.72. The van der Waals surface area contributed by atoms with Crippen molar-refractivity contribution >= 4 is 50.0 Å². The lowest BCUT2D eigenvalue weighted by molar-refractivity contribution is -0.113. The van der Waals surface area contributed by atoms with Crippen LogP contribution in [0.1, 0.15) is 25.3 Å². The zero-order valence-electron chi connectivity index (χ0n) is 17.0. The van der Waals surface area contributed by atoms with Crippen molar-refractivity contribution in [2.24, 2.45) is 9.98 Å². The molecular weight excluding hydrogens is 460 g/mol. The van der Waals surface area contributed by atoms with Gasteiger partial charge in [-0.1, -0.05) is 64.9 Å². The number of para-hydroxylation sites is 1. The van der Waals surface area contributed by atoms with Crippen molar-refractivity contribution in [3.8, 4) is 0 Å². The van der Waals surface area contributed by atoms with Crippen LogP contribution in [0.4, 0.5) is 5.69 Å². The third-order valence-electron chi connectivity index (χ3n) is 5.45. The Morgan fingerprint density at radius 2 is 1.80 bits per heavy atom. The molecule has 1 N–H and O–H groups in total. The van der Waals surface area contributed by atoms with Gasteiger partial charge in [0.05, 0.1) is 11.5 Å². The second-order valence-electron chi connectivity index (χ2n) is 7.50. The molecule has 0 unspecified atom stereocenters. The minimum atomic E-state index is -0.383. The highest BCUT2D eigenvalue weighted by Gasteiger charge is 2.39. The van der Waals surface area contributed by atoms with Crippen molar-refractivity contribution in [3.63, 3.8) is 0 Å². The van der Waals surface area contributed by atoms with Crippen LogP contribution < -0.4 is 5.32 Å². The Morgan fingerprint density at radius 1 is 1.10 bits per heavy atom. The lowest BCUT2D eigenvalue weighted by Gasteiger charge is -2.34. The maximum absolute atomic E-state index is 12.5. The highest BCUT2D eigenvalue weighted by atomic mass is 79.9. The molecule has 2 aliphatic rings. The number of nitrogens with one attached hydrogen (secondary N) is 1. The van der Waals surface area contributed by atoms with Crippen LogP contribution in [0, 0.1) is 0 Å². The van der Waals surface area contributed by atoms with Crippen LogP contribution in [0.5, 0.6) is 0 Å². The van der Waals surface area contributed by atoms with E-state index in [0.717, 1.165) is 59.0 Å². The highest BCUT2D eigenvalue weighted by Crippen LogP contribution is 2.35. The van der Waals surface area contributed by atoms with Crippen LogP contribution in [-0.2, 0) is 4.79 Å². The number of likely N-dealkylation sites (tertiary alicyclic amines) is 1. The Bertz CT molecular complexity index is 951. The van der Waals surface area contributed by atoms with Crippen molar-refractivity contribution in [1.29, 1.82) is 0 Å². The Hall–Kier alpha value is -1.96. The van der Waals surface area contributed by atoms with Crippen molar-refractivity contribution in [1.82, 2.24) is 4.90 Å². The molecule has 1 amide bonds. The Morgan fingerprint density at radius 3 is 2.47 bits per heavy atom. The molecule has 7 heteroatoms. The molecule has 2 heterocycles. The van der Waals surface area contributed by atoms with E-state index in [2.05, 4.69) is 45.2 Å². The number of benzene rings is 2. The largest absolute Gasteiger partial charge is 0.325 e. The zero-order valence-corrected chi connectivity index (χ0v) is 19.4. The van der Waals surface area contributed by atoms with Crippen LogP contribution in [-0.4, -0.2) is 52.6 Å². The quantitative estimate of drug-likeness (QED) is 0.660. The maximum atomic E-state index is 12.5. The molecule has 4 rings (SSSR count). The number of piperidine rings is 1. The number of halogens is 1. The van der Waals surface area contributed by atoms with Gasteiger partial charge in [0.15, 0.2) is 5.66 Å². The fourth-order valence-corrected chi connectivity index (χ4v) is 4.86. The normalized spacial score (nSPS) is 18.2. The van der Waals surface area contributed by atoms with Crippen LogP contribution >= 0.6 is 27.7 Å². The summed E-state index contributed by atoms with van der Waals surface area (Å²) >= 11 is 4.98. The smallest absolute Gasteiger partial charge is 0.234 e. The van der Waals surface area contributed by atoms with E-state index < -0.39 is 0 Å². The summed E-state index contributed by atoms with van der Waals surface area (Å²) in [6.07, 6.45) is 1.84. The molecule has 30 heavy (non-hydrogen) atoms. The number of aliphatic imine (C=N–C) groups is 2. The molecular formula is C23H25BrN4OS. The summed E-state index contributed by atoms with van der Waals surface area (Å²) in [5.41, 5.74) is 2.38. The molecule has 0 atom stereocenters. The van der Waals surface area contributed by atoms with Gasteiger partial charge in [0.2, 0.25) is 5.91 Å². The van der Waals surface area contributed by atoms with Gasteiger partial charge in [0.1, 0.15) is 5.04 Å². The van der Waals surface area contributed by atoms with Gasteiger partial charge in [0.25, 0.3) is 0 Å². The van der Waals surface area contributed by atoms with E-state index in [9.17, 15) is 4.79 Å². The van der Waals surface area contributed by atoms with Gasteiger partial charge in [0, 0.05) is 41.7 Å². The van der Waals surface area contributed by atoms with Crippen molar-refractivity contribution in [2.45, 2.75) is 25.4 Å². The van der Waals surface area contributed by atoms with Gasteiger partial charge in [-0.3, -0.25) is 9.79 Å². The monoisotopic (exact) mass is 484 g/mol.